The molecule has 0 fully saturated rings. The third-order valence-corrected chi connectivity index (χ3v) is 3.69. The van der Waals surface area contributed by atoms with E-state index in [0.29, 0.717) is 6.54 Å². The molecule has 6 nitrogen and oxygen atoms in total. The van der Waals surface area contributed by atoms with Crippen LogP contribution in [0.3, 0.4) is 0 Å². The molecule has 6 heteroatoms. The molecule has 0 atom stereocenters. The maximum atomic E-state index is 10.6. The topological polar surface area (TPSA) is 87.0 Å². The minimum absolute atomic E-state index is 0.120. The molecule has 0 aliphatic heterocycles. The fraction of sp³-hybridized carbons (Fsp3) is 0.400. The summed E-state index contributed by atoms with van der Waals surface area (Å²) in [6, 6.07) is 6.67. The molecule has 112 valence electrons. The van der Waals surface area contributed by atoms with E-state index in [0.717, 1.165) is 36.3 Å². The first-order chi connectivity index (χ1) is 10.0. The standard InChI is InChI=1S/C15H20N4O2/c1-11-15(7-9-16)12(2)18(17-11)10-8-13-3-5-14(6-4-13)19(20)21/h3-6H,7-10,16H2,1-2H3. The number of nitrogens with two attached hydrogens (primary N) is 1. The van der Waals surface area contributed by atoms with Gasteiger partial charge in [-0.2, -0.15) is 5.10 Å². The van der Waals surface area contributed by atoms with Gasteiger partial charge in [0.05, 0.1) is 10.6 Å². The van der Waals surface area contributed by atoms with Crippen molar-refractivity contribution in [2.24, 2.45) is 5.73 Å². The maximum Gasteiger partial charge on any atom is 0.269 e. The van der Waals surface area contributed by atoms with Gasteiger partial charge in [0.15, 0.2) is 0 Å². The average Bonchev–Trinajstić information content (AvgIpc) is 2.73. The highest BCUT2D eigenvalue weighted by Crippen LogP contribution is 2.16. The molecule has 2 N–H and O–H groups in total. The Bertz CT molecular complexity index is 632. The minimum atomic E-state index is -0.385. The normalized spacial score (nSPS) is 10.8. The van der Waals surface area contributed by atoms with Crippen molar-refractivity contribution in [1.82, 2.24) is 9.78 Å². The smallest absolute Gasteiger partial charge is 0.269 e. The van der Waals surface area contributed by atoms with Gasteiger partial charge in [-0.3, -0.25) is 14.8 Å². The predicted molar refractivity (Wildman–Crippen MR) is 81.3 cm³/mol. The van der Waals surface area contributed by atoms with E-state index in [1.807, 2.05) is 11.6 Å². The predicted octanol–water partition coefficient (Wildman–Crippen LogP) is 2.15. The van der Waals surface area contributed by atoms with Gasteiger partial charge in [0.1, 0.15) is 0 Å². The Hall–Kier alpha value is -2.21. The van der Waals surface area contributed by atoms with Crippen molar-refractivity contribution in [2.45, 2.75) is 33.2 Å². The van der Waals surface area contributed by atoms with Crippen molar-refractivity contribution in [2.75, 3.05) is 6.54 Å². The molecular weight excluding hydrogens is 268 g/mol. The summed E-state index contributed by atoms with van der Waals surface area (Å²) in [5, 5.41) is 15.2. The zero-order chi connectivity index (χ0) is 15.4. The van der Waals surface area contributed by atoms with Crippen molar-refractivity contribution in [3.05, 3.63) is 56.9 Å². The van der Waals surface area contributed by atoms with Gasteiger partial charge < -0.3 is 5.73 Å². The summed E-state index contributed by atoms with van der Waals surface area (Å²) < 4.78 is 1.99. The molecule has 21 heavy (non-hydrogen) atoms. The third kappa shape index (κ3) is 3.46. The lowest BCUT2D eigenvalue weighted by Crippen LogP contribution is -2.07. The van der Waals surface area contributed by atoms with Crippen LogP contribution in [0.4, 0.5) is 5.69 Å². The number of benzene rings is 1. The molecule has 0 aliphatic rings. The summed E-state index contributed by atoms with van der Waals surface area (Å²) in [7, 11) is 0. The molecule has 1 aromatic heterocycles. The van der Waals surface area contributed by atoms with E-state index in [4.69, 9.17) is 5.73 Å². The highest BCUT2D eigenvalue weighted by molar-refractivity contribution is 5.33. The van der Waals surface area contributed by atoms with Crippen LogP contribution in [0.5, 0.6) is 0 Å². The van der Waals surface area contributed by atoms with Gasteiger partial charge in [-0.25, -0.2) is 0 Å². The van der Waals surface area contributed by atoms with Gasteiger partial charge in [-0.05, 0) is 44.4 Å². The minimum Gasteiger partial charge on any atom is -0.330 e. The van der Waals surface area contributed by atoms with Gasteiger partial charge in [0, 0.05) is 24.4 Å². The number of non-ortho nitro benzene ring substituents is 1. The SMILES string of the molecule is Cc1nn(CCc2ccc([N+](=O)[O-])cc2)c(C)c1CCN. The van der Waals surface area contributed by atoms with E-state index in [1.54, 1.807) is 12.1 Å². The first-order valence-corrected chi connectivity index (χ1v) is 6.99. The lowest BCUT2D eigenvalue weighted by Gasteiger charge is -2.05. The van der Waals surface area contributed by atoms with Crippen LogP contribution in [0, 0.1) is 24.0 Å². The van der Waals surface area contributed by atoms with E-state index < -0.39 is 0 Å². The molecule has 0 aliphatic carbocycles. The van der Waals surface area contributed by atoms with Crippen molar-refractivity contribution >= 4 is 5.69 Å². The van der Waals surface area contributed by atoms with Crippen molar-refractivity contribution in [1.29, 1.82) is 0 Å². The zero-order valence-electron chi connectivity index (χ0n) is 12.4. The van der Waals surface area contributed by atoms with Gasteiger partial charge in [-0.1, -0.05) is 12.1 Å². The Morgan fingerprint density at radius 1 is 1.24 bits per heavy atom. The van der Waals surface area contributed by atoms with Crippen LogP contribution in [0.25, 0.3) is 0 Å². The molecule has 2 rings (SSSR count). The number of nitro groups is 1. The first-order valence-electron chi connectivity index (χ1n) is 6.99. The quantitative estimate of drug-likeness (QED) is 0.651. The van der Waals surface area contributed by atoms with Gasteiger partial charge >= 0.3 is 0 Å². The molecule has 1 aromatic carbocycles. The Labute approximate surface area is 123 Å². The van der Waals surface area contributed by atoms with Crippen LogP contribution in [-0.4, -0.2) is 21.2 Å². The Kier molecular flexibility index (Phi) is 4.70. The fourth-order valence-corrected chi connectivity index (χ4v) is 2.48. The highest BCUT2D eigenvalue weighted by Gasteiger charge is 2.11. The average molecular weight is 288 g/mol. The first kappa shape index (κ1) is 15.2. The van der Waals surface area contributed by atoms with Gasteiger partial charge in [-0.15, -0.1) is 0 Å². The molecule has 0 saturated carbocycles. The second kappa shape index (κ2) is 6.49. The zero-order valence-corrected chi connectivity index (χ0v) is 12.4. The lowest BCUT2D eigenvalue weighted by molar-refractivity contribution is -0.384. The number of rotatable bonds is 6. The number of hydrogen-bond acceptors (Lipinski definition) is 4. The van der Waals surface area contributed by atoms with Crippen LogP contribution in [0.1, 0.15) is 22.5 Å². The molecule has 0 bridgehead atoms. The van der Waals surface area contributed by atoms with E-state index in [-0.39, 0.29) is 10.6 Å². The molecule has 0 amide bonds. The van der Waals surface area contributed by atoms with Crippen LogP contribution in [0.2, 0.25) is 0 Å². The van der Waals surface area contributed by atoms with Crippen LogP contribution < -0.4 is 5.73 Å². The molecule has 0 unspecified atom stereocenters. The second-order valence-corrected chi connectivity index (χ2v) is 5.08. The van der Waals surface area contributed by atoms with Gasteiger partial charge in [0.25, 0.3) is 5.69 Å². The Morgan fingerprint density at radius 2 is 1.90 bits per heavy atom. The highest BCUT2D eigenvalue weighted by atomic mass is 16.6. The summed E-state index contributed by atoms with van der Waals surface area (Å²) >= 11 is 0. The van der Waals surface area contributed by atoms with Crippen LogP contribution >= 0.6 is 0 Å². The van der Waals surface area contributed by atoms with E-state index in [9.17, 15) is 10.1 Å². The van der Waals surface area contributed by atoms with Crippen molar-refractivity contribution in [3.8, 4) is 0 Å². The summed E-state index contributed by atoms with van der Waals surface area (Å²) in [6.45, 7) is 5.44. The number of nitrogens with zero attached hydrogens (tertiary/aromatic N) is 3. The molecule has 2 aromatic rings. The molecule has 1 heterocycles. The van der Waals surface area contributed by atoms with Crippen LogP contribution in [0.15, 0.2) is 24.3 Å². The molecule has 0 radical (unpaired) electrons. The van der Waals surface area contributed by atoms with E-state index in [2.05, 4.69) is 12.0 Å². The van der Waals surface area contributed by atoms with E-state index in [1.165, 1.54) is 17.7 Å². The third-order valence-electron chi connectivity index (χ3n) is 3.69. The number of aromatic nitrogens is 2. The Balaban J connectivity index is 2.06. The number of aryl methyl sites for hydroxylation is 3. The summed E-state index contributed by atoms with van der Waals surface area (Å²) in [6.07, 6.45) is 1.64. The summed E-state index contributed by atoms with van der Waals surface area (Å²) in [5.74, 6) is 0. The largest absolute Gasteiger partial charge is 0.330 e. The van der Waals surface area contributed by atoms with Crippen molar-refractivity contribution < 1.29 is 4.92 Å². The van der Waals surface area contributed by atoms with Gasteiger partial charge in [0.2, 0.25) is 0 Å². The monoisotopic (exact) mass is 288 g/mol. The fourth-order valence-electron chi connectivity index (χ4n) is 2.48. The van der Waals surface area contributed by atoms with Crippen LogP contribution in [-0.2, 0) is 19.4 Å². The van der Waals surface area contributed by atoms with Crippen molar-refractivity contribution in [3.63, 3.8) is 0 Å². The summed E-state index contributed by atoms with van der Waals surface area (Å²) in [4.78, 5) is 10.2. The lowest BCUT2D eigenvalue weighted by atomic mass is 10.1. The number of hydrogen-bond donors (Lipinski definition) is 1. The molecular formula is C15H20N4O2. The second-order valence-electron chi connectivity index (χ2n) is 5.08. The summed E-state index contributed by atoms with van der Waals surface area (Å²) in [5.41, 5.74) is 10.2. The van der Waals surface area contributed by atoms with E-state index >= 15 is 0 Å². The molecule has 0 saturated heterocycles. The maximum absolute atomic E-state index is 10.6. The Morgan fingerprint density at radius 3 is 2.48 bits per heavy atom. The molecule has 0 spiro atoms. The number of nitro benzene ring substituents is 1.